The lowest BCUT2D eigenvalue weighted by atomic mass is 10.1. The number of nitrogens with zero attached hydrogens (tertiary/aromatic N) is 2. The number of ether oxygens (including phenoxy) is 1. The van der Waals surface area contributed by atoms with Crippen LogP contribution in [0.2, 0.25) is 0 Å². The number of unbranched alkanes of at least 4 members (excludes halogenated alkanes) is 1. The van der Waals surface area contributed by atoms with Crippen LogP contribution in [0.1, 0.15) is 25.3 Å². The van der Waals surface area contributed by atoms with E-state index >= 15 is 0 Å². The van der Waals surface area contributed by atoms with Gasteiger partial charge in [0.25, 0.3) is 0 Å². The molecule has 1 N–H and O–H groups in total. The minimum Gasteiger partial charge on any atom is -0.494 e. The number of aliphatic hydroxyl groups is 1. The Morgan fingerprint density at radius 1 is 1.07 bits per heavy atom. The Morgan fingerprint density at radius 2 is 1.83 bits per heavy atom. The molecule has 4 nitrogen and oxygen atoms in total. The zero-order valence-corrected chi connectivity index (χ0v) is 17.6. The summed E-state index contributed by atoms with van der Waals surface area (Å²) in [6.07, 6.45) is -2.43. The van der Waals surface area contributed by atoms with Gasteiger partial charge in [-0.25, -0.2) is 0 Å². The molecule has 8 heteroatoms. The fourth-order valence-corrected chi connectivity index (χ4v) is 4.06. The summed E-state index contributed by atoms with van der Waals surface area (Å²) in [5.41, 5.74) is 0.671. The number of alkyl halides is 3. The van der Waals surface area contributed by atoms with Gasteiger partial charge in [-0.2, -0.15) is 17.5 Å². The molecule has 0 bridgehead atoms. The molecule has 0 aliphatic rings. The van der Waals surface area contributed by atoms with Gasteiger partial charge in [-0.1, -0.05) is 19.1 Å². The topological polar surface area (TPSA) is 45.6 Å². The molecule has 0 atom stereocenters. The van der Waals surface area contributed by atoms with E-state index in [4.69, 9.17) is 9.84 Å². The fraction of sp³-hybridized carbons (Fsp3) is 0.409. The van der Waals surface area contributed by atoms with Crippen LogP contribution >= 0.6 is 11.5 Å². The predicted octanol–water partition coefficient (Wildman–Crippen LogP) is 5.46. The van der Waals surface area contributed by atoms with Crippen LogP contribution in [0.15, 0.2) is 42.5 Å². The number of halogens is 3. The maximum absolute atomic E-state index is 12.8. The average molecular weight is 439 g/mol. The Balaban J connectivity index is 1.59. The maximum Gasteiger partial charge on any atom is 0.416 e. The summed E-state index contributed by atoms with van der Waals surface area (Å²) in [6, 6.07) is 10.8. The van der Waals surface area contributed by atoms with E-state index in [2.05, 4.69) is 16.2 Å². The lowest BCUT2D eigenvalue weighted by Gasteiger charge is -2.18. The highest BCUT2D eigenvalue weighted by Crippen LogP contribution is 2.35. The fourth-order valence-electron chi connectivity index (χ4n) is 3.23. The van der Waals surface area contributed by atoms with E-state index in [-0.39, 0.29) is 6.61 Å². The Kier molecular flexibility index (Phi) is 7.69. The number of hydrogen-bond donors (Lipinski definition) is 1. The Labute approximate surface area is 178 Å². The number of fused-ring (bicyclic) bond motifs is 1. The second-order valence-electron chi connectivity index (χ2n) is 6.98. The smallest absolute Gasteiger partial charge is 0.416 e. The van der Waals surface area contributed by atoms with Crippen molar-refractivity contribution in [1.29, 1.82) is 0 Å². The van der Waals surface area contributed by atoms with E-state index in [0.717, 1.165) is 53.9 Å². The van der Waals surface area contributed by atoms with Crippen molar-refractivity contribution in [3.8, 4) is 17.0 Å². The van der Waals surface area contributed by atoms with Crippen molar-refractivity contribution in [2.24, 2.45) is 0 Å². The van der Waals surface area contributed by atoms with Crippen LogP contribution in [0.4, 0.5) is 13.2 Å². The molecule has 0 saturated carbocycles. The third kappa shape index (κ3) is 5.71. The van der Waals surface area contributed by atoms with Crippen LogP contribution in [-0.4, -0.2) is 47.2 Å². The molecule has 3 rings (SSSR count). The first-order valence-electron chi connectivity index (χ1n) is 9.95. The molecule has 162 valence electrons. The van der Waals surface area contributed by atoms with Crippen molar-refractivity contribution in [3.05, 3.63) is 48.0 Å². The maximum atomic E-state index is 12.8. The summed E-state index contributed by atoms with van der Waals surface area (Å²) in [5.74, 6) is 0.757. The monoisotopic (exact) mass is 438 g/mol. The normalized spacial score (nSPS) is 12.1. The molecular weight excluding hydrogens is 413 g/mol. The molecule has 3 aromatic rings. The standard InChI is InChI=1S/C22H25F3N2O2S/c1-2-27(12-13-28)11-3-4-14-29-18-9-10-19-20(15-18)30-26-21(19)16-5-7-17(8-6-16)22(23,24)25/h5-10,15,28H,2-4,11-14H2,1H3. The first kappa shape index (κ1) is 22.5. The number of rotatable bonds is 10. The van der Waals surface area contributed by atoms with Crippen LogP contribution in [0.25, 0.3) is 21.3 Å². The lowest BCUT2D eigenvalue weighted by molar-refractivity contribution is -0.137. The van der Waals surface area contributed by atoms with E-state index in [9.17, 15) is 13.2 Å². The van der Waals surface area contributed by atoms with Gasteiger partial charge in [0.05, 0.1) is 29.2 Å². The molecule has 1 aromatic heterocycles. The van der Waals surface area contributed by atoms with Crippen molar-refractivity contribution in [3.63, 3.8) is 0 Å². The summed E-state index contributed by atoms with van der Waals surface area (Å²) >= 11 is 1.31. The minimum absolute atomic E-state index is 0.174. The third-order valence-corrected chi connectivity index (χ3v) is 5.74. The number of benzene rings is 2. The van der Waals surface area contributed by atoms with E-state index < -0.39 is 11.7 Å². The Morgan fingerprint density at radius 3 is 2.50 bits per heavy atom. The second-order valence-corrected chi connectivity index (χ2v) is 7.78. The van der Waals surface area contributed by atoms with E-state index in [0.29, 0.717) is 24.4 Å². The second kappa shape index (κ2) is 10.2. The quantitative estimate of drug-likeness (QED) is 0.427. The summed E-state index contributed by atoms with van der Waals surface area (Å²) in [6.45, 7) is 5.41. The summed E-state index contributed by atoms with van der Waals surface area (Å²) < 4.78 is 49.5. The van der Waals surface area contributed by atoms with Gasteiger partial charge in [0, 0.05) is 17.5 Å². The average Bonchev–Trinajstić information content (AvgIpc) is 3.15. The lowest BCUT2D eigenvalue weighted by Crippen LogP contribution is -2.27. The number of aliphatic hydroxyl groups excluding tert-OH is 1. The summed E-state index contributed by atoms with van der Waals surface area (Å²) in [4.78, 5) is 2.20. The molecule has 0 aliphatic heterocycles. The van der Waals surface area contributed by atoms with Gasteiger partial charge >= 0.3 is 6.18 Å². The van der Waals surface area contributed by atoms with E-state index in [1.165, 1.54) is 23.7 Å². The van der Waals surface area contributed by atoms with Crippen molar-refractivity contribution in [2.45, 2.75) is 25.9 Å². The molecular formula is C22H25F3N2O2S. The van der Waals surface area contributed by atoms with Gasteiger partial charge < -0.3 is 14.7 Å². The van der Waals surface area contributed by atoms with Crippen molar-refractivity contribution in [2.75, 3.05) is 32.8 Å². The zero-order valence-electron chi connectivity index (χ0n) is 16.8. The van der Waals surface area contributed by atoms with Gasteiger partial charge in [0.1, 0.15) is 5.75 Å². The van der Waals surface area contributed by atoms with Crippen LogP contribution in [-0.2, 0) is 6.18 Å². The molecule has 2 aromatic carbocycles. The molecule has 0 aliphatic carbocycles. The van der Waals surface area contributed by atoms with Crippen LogP contribution in [0.5, 0.6) is 5.75 Å². The molecule has 0 fully saturated rings. The minimum atomic E-state index is -4.34. The predicted molar refractivity (Wildman–Crippen MR) is 114 cm³/mol. The first-order chi connectivity index (χ1) is 14.4. The van der Waals surface area contributed by atoms with Gasteiger partial charge in [0.2, 0.25) is 0 Å². The molecule has 0 unspecified atom stereocenters. The Bertz CT molecular complexity index is 942. The van der Waals surface area contributed by atoms with Crippen molar-refractivity contribution >= 4 is 21.6 Å². The number of likely N-dealkylation sites (N-methyl/N-ethyl adjacent to an activating group) is 1. The largest absolute Gasteiger partial charge is 0.494 e. The van der Waals surface area contributed by atoms with Gasteiger partial charge in [-0.15, -0.1) is 0 Å². The number of aromatic nitrogens is 1. The molecule has 0 spiro atoms. The molecule has 1 heterocycles. The molecule has 30 heavy (non-hydrogen) atoms. The molecule has 0 amide bonds. The van der Waals surface area contributed by atoms with E-state index in [1.54, 1.807) is 0 Å². The SMILES string of the molecule is CCN(CCO)CCCCOc1ccc2c(-c3ccc(C(F)(F)F)cc3)nsc2c1. The number of hydrogen-bond acceptors (Lipinski definition) is 5. The Hall–Kier alpha value is -2.16. The van der Waals surface area contributed by atoms with Crippen LogP contribution < -0.4 is 4.74 Å². The van der Waals surface area contributed by atoms with Gasteiger partial charge in [0.15, 0.2) is 0 Å². The first-order valence-corrected chi connectivity index (χ1v) is 10.7. The van der Waals surface area contributed by atoms with Crippen molar-refractivity contribution < 1.29 is 23.0 Å². The van der Waals surface area contributed by atoms with E-state index in [1.807, 2.05) is 18.2 Å². The highest BCUT2D eigenvalue weighted by atomic mass is 32.1. The molecule has 0 saturated heterocycles. The highest BCUT2D eigenvalue weighted by molar-refractivity contribution is 7.13. The highest BCUT2D eigenvalue weighted by Gasteiger charge is 2.30. The van der Waals surface area contributed by atoms with Crippen molar-refractivity contribution in [1.82, 2.24) is 9.27 Å². The molecule has 0 radical (unpaired) electrons. The van der Waals surface area contributed by atoms with Crippen LogP contribution in [0.3, 0.4) is 0 Å². The summed E-state index contributed by atoms with van der Waals surface area (Å²) in [7, 11) is 0. The van der Waals surface area contributed by atoms with Gasteiger partial charge in [-0.05, 0) is 67.8 Å². The van der Waals surface area contributed by atoms with Crippen LogP contribution in [0, 0.1) is 0 Å². The zero-order chi connectivity index (χ0) is 21.6. The summed E-state index contributed by atoms with van der Waals surface area (Å²) in [5, 5.41) is 9.91. The third-order valence-electron chi connectivity index (χ3n) is 4.93. The van der Waals surface area contributed by atoms with Gasteiger partial charge in [-0.3, -0.25) is 0 Å².